The highest BCUT2D eigenvalue weighted by atomic mass is 32.2. The molecule has 2 N–H and O–H groups in total. The summed E-state index contributed by atoms with van der Waals surface area (Å²) in [5.41, 5.74) is 1.51. The van der Waals surface area contributed by atoms with Gasteiger partial charge in [-0.2, -0.15) is 0 Å². The molecule has 2 saturated carbocycles. The molecule has 0 aliphatic heterocycles. The number of carbonyl (C=O) groups is 1. The summed E-state index contributed by atoms with van der Waals surface area (Å²) in [6.45, 7) is 0.532. The number of sulfonamides is 1. The van der Waals surface area contributed by atoms with Crippen LogP contribution in [0.2, 0.25) is 0 Å². The highest BCUT2D eigenvalue weighted by Crippen LogP contribution is 2.43. The van der Waals surface area contributed by atoms with E-state index in [4.69, 9.17) is 4.74 Å². The van der Waals surface area contributed by atoms with Crippen LogP contribution in [0.3, 0.4) is 0 Å². The first-order valence-electron chi connectivity index (χ1n) is 9.98. The zero-order chi connectivity index (χ0) is 20.5. The number of benzene rings is 2. The van der Waals surface area contributed by atoms with Crippen LogP contribution < -0.4 is 14.8 Å². The van der Waals surface area contributed by atoms with E-state index in [1.807, 2.05) is 18.2 Å². The molecule has 4 rings (SSSR count). The van der Waals surface area contributed by atoms with E-state index >= 15 is 0 Å². The highest BCUT2D eigenvalue weighted by Gasteiger charge is 2.39. The van der Waals surface area contributed by atoms with Crippen molar-refractivity contribution in [1.29, 1.82) is 0 Å². The fourth-order valence-electron chi connectivity index (χ4n) is 3.83. The minimum atomic E-state index is -3.73. The zero-order valence-electron chi connectivity index (χ0n) is 16.5. The van der Waals surface area contributed by atoms with E-state index in [0.717, 1.165) is 32.1 Å². The summed E-state index contributed by atoms with van der Waals surface area (Å²) in [6.07, 6.45) is 4.88. The number of ether oxygens (including phenoxy) is 1. The van der Waals surface area contributed by atoms with E-state index in [2.05, 4.69) is 22.2 Å². The van der Waals surface area contributed by atoms with Crippen molar-refractivity contribution in [3.8, 4) is 5.75 Å². The van der Waals surface area contributed by atoms with Crippen molar-refractivity contribution in [3.63, 3.8) is 0 Å². The Kier molecular flexibility index (Phi) is 5.36. The average Bonchev–Trinajstić information content (AvgIpc) is 3.50. The van der Waals surface area contributed by atoms with Crippen LogP contribution in [-0.4, -0.2) is 34.0 Å². The topological polar surface area (TPSA) is 84.5 Å². The van der Waals surface area contributed by atoms with Gasteiger partial charge in [-0.15, -0.1) is 0 Å². The van der Waals surface area contributed by atoms with E-state index in [1.54, 1.807) is 6.07 Å². The van der Waals surface area contributed by atoms with Crippen LogP contribution in [0.1, 0.15) is 48.0 Å². The molecule has 0 radical (unpaired) electrons. The first kappa shape index (κ1) is 19.9. The maximum absolute atomic E-state index is 12.8. The Balaban J connectivity index is 1.52. The number of amides is 1. The van der Waals surface area contributed by atoms with Crippen molar-refractivity contribution in [2.75, 3.05) is 13.7 Å². The van der Waals surface area contributed by atoms with Gasteiger partial charge in [-0.05, 0) is 49.4 Å². The Morgan fingerprint density at radius 3 is 2.45 bits per heavy atom. The van der Waals surface area contributed by atoms with Gasteiger partial charge in [0.2, 0.25) is 10.0 Å². The maximum atomic E-state index is 12.8. The van der Waals surface area contributed by atoms with Crippen LogP contribution in [0.4, 0.5) is 0 Å². The molecule has 2 aromatic carbocycles. The van der Waals surface area contributed by atoms with Gasteiger partial charge in [0.1, 0.15) is 10.6 Å². The number of nitrogens with one attached hydrogen (secondary N) is 2. The molecule has 154 valence electrons. The quantitative estimate of drug-likeness (QED) is 0.696. The van der Waals surface area contributed by atoms with Gasteiger partial charge in [-0.3, -0.25) is 4.79 Å². The fourth-order valence-corrected chi connectivity index (χ4v) is 5.33. The summed E-state index contributed by atoms with van der Waals surface area (Å²) in [5, 5.41) is 3.01. The molecule has 29 heavy (non-hydrogen) atoms. The molecular weight excluding hydrogens is 388 g/mol. The molecule has 0 atom stereocenters. The van der Waals surface area contributed by atoms with Crippen LogP contribution in [0.5, 0.6) is 5.75 Å². The molecule has 1 amide bonds. The first-order valence-corrected chi connectivity index (χ1v) is 11.5. The molecule has 2 aromatic rings. The molecular formula is C22H26N2O4S. The Bertz CT molecular complexity index is 997. The summed E-state index contributed by atoms with van der Waals surface area (Å²) in [4.78, 5) is 12.8. The van der Waals surface area contributed by atoms with E-state index in [0.29, 0.717) is 12.1 Å². The van der Waals surface area contributed by atoms with Crippen molar-refractivity contribution in [2.45, 2.75) is 48.5 Å². The van der Waals surface area contributed by atoms with Crippen LogP contribution in [0, 0.1) is 0 Å². The molecule has 0 unspecified atom stereocenters. The second-order valence-corrected chi connectivity index (χ2v) is 9.63. The summed E-state index contributed by atoms with van der Waals surface area (Å²) in [6, 6.07) is 14.7. The Hall–Kier alpha value is -2.38. The predicted octanol–water partition coefficient (Wildman–Crippen LogP) is 2.99. The zero-order valence-corrected chi connectivity index (χ0v) is 17.3. The molecule has 7 heteroatoms. The lowest BCUT2D eigenvalue weighted by Gasteiger charge is -2.42. The largest absolute Gasteiger partial charge is 0.495 e. The molecule has 2 fully saturated rings. The van der Waals surface area contributed by atoms with Gasteiger partial charge in [-0.1, -0.05) is 36.8 Å². The Labute approximate surface area is 171 Å². The van der Waals surface area contributed by atoms with Crippen LogP contribution >= 0.6 is 0 Å². The van der Waals surface area contributed by atoms with Crippen LogP contribution in [-0.2, 0) is 15.4 Å². The fraction of sp³-hybridized carbons (Fsp3) is 0.409. The van der Waals surface area contributed by atoms with Gasteiger partial charge in [0.25, 0.3) is 5.91 Å². The summed E-state index contributed by atoms with van der Waals surface area (Å²) < 4.78 is 33.2. The molecule has 0 bridgehead atoms. The number of carbonyl (C=O) groups excluding carboxylic acids is 1. The number of methoxy groups -OCH3 is 1. The number of hydrogen-bond acceptors (Lipinski definition) is 4. The highest BCUT2D eigenvalue weighted by molar-refractivity contribution is 7.89. The van der Waals surface area contributed by atoms with Gasteiger partial charge in [0.15, 0.2) is 0 Å². The number of rotatable bonds is 8. The second-order valence-electron chi connectivity index (χ2n) is 7.94. The van der Waals surface area contributed by atoms with E-state index in [1.165, 1.54) is 24.8 Å². The monoisotopic (exact) mass is 414 g/mol. The third-order valence-corrected chi connectivity index (χ3v) is 7.44. The predicted molar refractivity (Wildman–Crippen MR) is 111 cm³/mol. The lowest BCUT2D eigenvalue weighted by atomic mass is 9.64. The second kappa shape index (κ2) is 7.80. The number of hydrogen-bond donors (Lipinski definition) is 2. The Morgan fingerprint density at radius 1 is 1.14 bits per heavy atom. The normalized spacial score (nSPS) is 18.0. The maximum Gasteiger partial charge on any atom is 0.251 e. The van der Waals surface area contributed by atoms with Gasteiger partial charge < -0.3 is 10.1 Å². The first-order chi connectivity index (χ1) is 13.9. The van der Waals surface area contributed by atoms with E-state index in [9.17, 15) is 13.2 Å². The third kappa shape index (κ3) is 4.16. The average molecular weight is 415 g/mol. The van der Waals surface area contributed by atoms with Crippen LogP contribution in [0.25, 0.3) is 0 Å². The molecule has 0 aromatic heterocycles. The van der Waals surface area contributed by atoms with E-state index < -0.39 is 10.0 Å². The minimum Gasteiger partial charge on any atom is -0.495 e. The van der Waals surface area contributed by atoms with Crippen molar-refractivity contribution in [1.82, 2.24) is 10.0 Å². The van der Waals surface area contributed by atoms with Crippen molar-refractivity contribution < 1.29 is 17.9 Å². The summed E-state index contributed by atoms with van der Waals surface area (Å²) >= 11 is 0. The third-order valence-electron chi connectivity index (χ3n) is 5.90. The van der Waals surface area contributed by atoms with Crippen molar-refractivity contribution in [3.05, 3.63) is 59.7 Å². The lowest BCUT2D eigenvalue weighted by molar-refractivity contribution is 0.0927. The van der Waals surface area contributed by atoms with E-state index in [-0.39, 0.29) is 28.0 Å². The van der Waals surface area contributed by atoms with Gasteiger partial charge in [-0.25, -0.2) is 13.1 Å². The van der Waals surface area contributed by atoms with Gasteiger partial charge in [0, 0.05) is 23.6 Å². The standard InChI is InChI=1S/C22H26N2O4S/c1-28-19-11-8-16(14-20(19)29(26,27)24-18-9-10-18)21(25)23-15-22(12-5-13-22)17-6-3-2-4-7-17/h2-4,6-8,11,14,18,24H,5,9-10,12-13,15H2,1H3,(H,23,25). The van der Waals surface area contributed by atoms with Gasteiger partial charge in [0.05, 0.1) is 7.11 Å². The van der Waals surface area contributed by atoms with Crippen molar-refractivity contribution >= 4 is 15.9 Å². The minimum absolute atomic E-state index is 0.000895. The molecule has 0 heterocycles. The smallest absolute Gasteiger partial charge is 0.251 e. The van der Waals surface area contributed by atoms with Gasteiger partial charge >= 0.3 is 0 Å². The summed E-state index contributed by atoms with van der Waals surface area (Å²) in [5.74, 6) is -0.0489. The van der Waals surface area contributed by atoms with Crippen molar-refractivity contribution in [2.24, 2.45) is 0 Å². The lowest BCUT2D eigenvalue weighted by Crippen LogP contribution is -2.45. The Morgan fingerprint density at radius 2 is 1.86 bits per heavy atom. The SMILES string of the molecule is COc1ccc(C(=O)NCC2(c3ccccc3)CCC2)cc1S(=O)(=O)NC1CC1. The summed E-state index contributed by atoms with van der Waals surface area (Å²) in [7, 11) is -2.31. The van der Waals surface area contributed by atoms with Crippen LogP contribution in [0.15, 0.2) is 53.4 Å². The molecule has 0 saturated heterocycles. The molecule has 6 nitrogen and oxygen atoms in total. The molecule has 0 spiro atoms. The molecule has 2 aliphatic carbocycles. The molecule has 2 aliphatic rings.